The van der Waals surface area contributed by atoms with E-state index >= 15 is 0 Å². The van der Waals surface area contributed by atoms with Crippen LogP contribution in [-0.2, 0) is 4.74 Å². The van der Waals surface area contributed by atoms with Gasteiger partial charge in [-0.1, -0.05) is 0 Å². The smallest absolute Gasteiger partial charge is 0.243 e. The van der Waals surface area contributed by atoms with Gasteiger partial charge in [-0.2, -0.15) is 79.0 Å². The number of halogens is 19. The highest BCUT2D eigenvalue weighted by Crippen LogP contribution is 2.73. The van der Waals surface area contributed by atoms with Crippen LogP contribution in [0.3, 0.4) is 0 Å². The van der Waals surface area contributed by atoms with Crippen LogP contribution in [0.1, 0.15) is 0 Å². The van der Waals surface area contributed by atoms with Crippen LogP contribution in [0, 0.1) is 0 Å². The van der Waals surface area contributed by atoms with Gasteiger partial charge in [0.25, 0.3) is 0 Å². The number of nitrogens with zero attached hydrogens (tertiary/aromatic N) is 1. The van der Waals surface area contributed by atoms with E-state index in [0.717, 1.165) is 0 Å². The molecular weight excluding hydrogens is 511 g/mol. The number of ether oxygens (including phenoxy) is 1. The molecule has 1 saturated heterocycles. The van der Waals surface area contributed by atoms with Crippen LogP contribution >= 0.6 is 0 Å². The van der Waals surface area contributed by atoms with Gasteiger partial charge in [-0.25, -0.2) is 9.13 Å². The highest BCUT2D eigenvalue weighted by molar-refractivity contribution is 5.27. The molecule has 21 heteroatoms. The Morgan fingerprint density at radius 1 is 0.355 bits per heavy atom. The third kappa shape index (κ3) is 2.26. The molecule has 31 heavy (non-hydrogen) atoms. The van der Waals surface area contributed by atoms with Crippen LogP contribution in [0.2, 0.25) is 0 Å². The first-order valence-corrected chi connectivity index (χ1v) is 6.67. The maximum Gasteiger partial charge on any atom is 0.439 e. The number of hydrogen-bond donors (Lipinski definition) is 0. The molecule has 0 unspecified atom stereocenters. The van der Waals surface area contributed by atoms with E-state index in [-0.39, 0.29) is 0 Å². The Hall–Kier alpha value is -1.41. The molecule has 0 spiro atoms. The molecule has 0 radical (unpaired) electrons. The van der Waals surface area contributed by atoms with E-state index in [2.05, 4.69) is 0 Å². The summed E-state index contributed by atoms with van der Waals surface area (Å²) in [4.78, 5) is -4.70. The lowest BCUT2D eigenvalue weighted by atomic mass is 9.75. The van der Waals surface area contributed by atoms with Crippen molar-refractivity contribution in [2.45, 2.75) is 59.7 Å². The zero-order chi connectivity index (χ0) is 25.3. The van der Waals surface area contributed by atoms with E-state index < -0.39 is 64.6 Å². The summed E-state index contributed by atoms with van der Waals surface area (Å²) in [6, 6.07) is -15.9. The summed E-state index contributed by atoms with van der Waals surface area (Å²) >= 11 is 0. The molecule has 0 amide bonds. The van der Waals surface area contributed by atoms with Crippen LogP contribution in [0.15, 0.2) is 0 Å². The van der Waals surface area contributed by atoms with Crippen molar-refractivity contribution in [3.63, 3.8) is 0 Å². The van der Waals surface area contributed by atoms with Crippen LogP contribution in [0.5, 0.6) is 0 Å². The van der Waals surface area contributed by atoms with Gasteiger partial charge in [0.05, 0.1) is 0 Å². The van der Waals surface area contributed by atoms with E-state index in [4.69, 9.17) is 0 Å². The highest BCUT2D eigenvalue weighted by Gasteiger charge is 3.06. The molecule has 1 heterocycles. The Morgan fingerprint density at radius 3 is 0.839 bits per heavy atom. The lowest BCUT2D eigenvalue weighted by molar-refractivity contribution is -0.610. The monoisotopic (exact) mass is 511 g/mol. The van der Waals surface area contributed by atoms with E-state index in [1.54, 1.807) is 4.74 Å². The van der Waals surface area contributed by atoms with Gasteiger partial charge in [0.2, 0.25) is 0 Å². The fourth-order valence-electron chi connectivity index (χ4n) is 2.59. The first-order chi connectivity index (χ1) is 13.1. The van der Waals surface area contributed by atoms with E-state index in [9.17, 15) is 83.4 Å². The molecule has 0 aromatic heterocycles. The molecule has 0 atom stereocenters. The summed E-state index contributed by atoms with van der Waals surface area (Å²) in [7, 11) is 0. The van der Waals surface area contributed by atoms with Crippen molar-refractivity contribution in [3.8, 4) is 0 Å². The molecule has 184 valence electrons. The Kier molecular flexibility index (Phi) is 4.63. The van der Waals surface area contributed by atoms with Crippen LogP contribution in [0.4, 0.5) is 83.4 Å². The number of morpholine rings is 1. The van der Waals surface area contributed by atoms with E-state index in [1.807, 2.05) is 0 Å². The average molecular weight is 511 g/mol. The fraction of sp³-hybridized carbons (Fsp3) is 1.00. The average Bonchev–Trinajstić information content (AvgIpc) is 2.49. The summed E-state index contributed by atoms with van der Waals surface area (Å²) in [5.74, 6) is -50.6. The second-order valence-electron chi connectivity index (χ2n) is 6.05. The van der Waals surface area contributed by atoms with Crippen molar-refractivity contribution in [2.24, 2.45) is 0 Å². The summed E-state index contributed by atoms with van der Waals surface area (Å²) in [5.41, 5.74) is 0. The van der Waals surface area contributed by atoms with Crippen LogP contribution < -0.4 is 0 Å². The van der Waals surface area contributed by atoms with Gasteiger partial charge in [0.1, 0.15) is 0 Å². The van der Waals surface area contributed by atoms with Crippen molar-refractivity contribution >= 4 is 0 Å². The molecule has 0 aromatic carbocycles. The van der Waals surface area contributed by atoms with Crippen LogP contribution in [-0.4, -0.2) is 64.6 Å². The second-order valence-corrected chi connectivity index (χ2v) is 6.05. The molecule has 2 rings (SSSR count). The third-order valence-corrected chi connectivity index (χ3v) is 4.24. The molecule has 1 saturated carbocycles. The second kappa shape index (κ2) is 5.56. The van der Waals surface area contributed by atoms with E-state index in [1.165, 1.54) is 0 Å². The Balaban J connectivity index is 3.09. The Labute approximate surface area is 154 Å². The molecule has 2 nitrogen and oxygen atoms in total. The summed E-state index contributed by atoms with van der Waals surface area (Å²) < 4.78 is 256. The minimum absolute atomic E-state index is 1.55. The molecule has 2 fully saturated rings. The van der Waals surface area contributed by atoms with Crippen LogP contribution in [0.25, 0.3) is 0 Å². The van der Waals surface area contributed by atoms with Crippen molar-refractivity contribution in [1.29, 1.82) is 0 Å². The molecule has 0 aromatic rings. The first kappa shape index (κ1) is 25.8. The molecule has 0 N–H and O–H groups in total. The quantitative estimate of drug-likeness (QED) is 0.339. The van der Waals surface area contributed by atoms with Crippen molar-refractivity contribution in [1.82, 2.24) is 4.90 Å². The molecule has 2 aliphatic rings. The highest BCUT2D eigenvalue weighted by atomic mass is 19.4. The molecule has 0 bridgehead atoms. The van der Waals surface area contributed by atoms with Gasteiger partial charge in [-0.3, -0.25) is 0 Å². The van der Waals surface area contributed by atoms with Gasteiger partial charge in [-0.15, -0.1) is 4.90 Å². The third-order valence-electron chi connectivity index (χ3n) is 4.24. The Morgan fingerprint density at radius 2 is 0.581 bits per heavy atom. The standard InChI is InChI=1S/C10F19NO/c11-1(12)2(13,14)4(17,18)6(21,5(19,20)3(1,15)16)30-7(22,23)9(26,27)31-10(28,29)8(30,24)25. The maximum absolute atomic E-state index is 14.5. The fourth-order valence-corrected chi connectivity index (χ4v) is 2.59. The predicted octanol–water partition coefficient (Wildman–Crippen LogP) is 5.55. The van der Waals surface area contributed by atoms with Crippen molar-refractivity contribution < 1.29 is 88.2 Å². The number of alkyl halides is 19. The lowest BCUT2D eigenvalue weighted by Gasteiger charge is -2.59. The minimum atomic E-state index is -8.71. The number of hydrogen-bond acceptors (Lipinski definition) is 2. The SMILES string of the molecule is FC1(F)OC(F)(F)C(F)(F)N(C2(F)C(F)(F)C(F)(F)C(F)(F)C(F)(F)C2(F)F)C1(F)F. The summed E-state index contributed by atoms with van der Waals surface area (Å²) in [6.45, 7) is 0. The van der Waals surface area contributed by atoms with Gasteiger partial charge < -0.3 is 0 Å². The van der Waals surface area contributed by atoms with Crippen molar-refractivity contribution in [3.05, 3.63) is 0 Å². The molecule has 1 aliphatic heterocycles. The van der Waals surface area contributed by atoms with Gasteiger partial charge in [0.15, 0.2) is 0 Å². The first-order valence-electron chi connectivity index (χ1n) is 6.67. The lowest BCUT2D eigenvalue weighted by Crippen LogP contribution is -2.92. The zero-order valence-electron chi connectivity index (χ0n) is 13.0. The van der Waals surface area contributed by atoms with Gasteiger partial charge in [-0.05, 0) is 0 Å². The summed E-state index contributed by atoms with van der Waals surface area (Å²) in [5, 5.41) is 0. The van der Waals surface area contributed by atoms with Gasteiger partial charge >= 0.3 is 59.7 Å². The van der Waals surface area contributed by atoms with E-state index in [0.29, 0.717) is 0 Å². The Bertz CT molecular complexity index is 714. The zero-order valence-corrected chi connectivity index (χ0v) is 13.0. The molecule has 1 aliphatic carbocycles. The predicted molar refractivity (Wildman–Crippen MR) is 51.3 cm³/mol. The molecular formula is C10F19NO. The number of rotatable bonds is 1. The topological polar surface area (TPSA) is 12.5 Å². The maximum atomic E-state index is 14.5. The normalized spacial score (nSPS) is 35.3. The largest absolute Gasteiger partial charge is 0.439 e. The summed E-state index contributed by atoms with van der Waals surface area (Å²) in [6.07, 6.45) is -14.9. The minimum Gasteiger partial charge on any atom is -0.243 e. The van der Waals surface area contributed by atoms with Crippen molar-refractivity contribution in [2.75, 3.05) is 0 Å². The van der Waals surface area contributed by atoms with Gasteiger partial charge in [0, 0.05) is 0 Å².